The molecule has 0 aliphatic heterocycles. The van der Waals surface area contributed by atoms with Crippen molar-refractivity contribution in [2.24, 2.45) is 0 Å². The first-order valence-corrected chi connectivity index (χ1v) is 8.65. The van der Waals surface area contributed by atoms with Crippen LogP contribution >= 0.6 is 0 Å². The fourth-order valence-corrected chi connectivity index (χ4v) is 3.04. The SMILES string of the molecule is Cc1ncc([C@@H](C)N[C@H](C)c2cnn(Cc3ccccc3)c2)c(C)n1. The van der Waals surface area contributed by atoms with Crippen LogP contribution in [0, 0.1) is 13.8 Å². The molecule has 25 heavy (non-hydrogen) atoms. The van der Waals surface area contributed by atoms with Crippen LogP contribution in [0.4, 0.5) is 0 Å². The number of benzene rings is 1. The fraction of sp³-hybridized carbons (Fsp3) is 0.350. The van der Waals surface area contributed by atoms with Crippen molar-refractivity contribution in [2.45, 2.75) is 46.3 Å². The van der Waals surface area contributed by atoms with E-state index < -0.39 is 0 Å². The Bertz CT molecular complexity index is 825. The lowest BCUT2D eigenvalue weighted by Gasteiger charge is -2.20. The number of aromatic nitrogens is 4. The van der Waals surface area contributed by atoms with Crippen molar-refractivity contribution in [1.82, 2.24) is 25.1 Å². The molecule has 0 radical (unpaired) electrons. The highest BCUT2D eigenvalue weighted by Crippen LogP contribution is 2.20. The van der Waals surface area contributed by atoms with Crippen LogP contribution in [0.2, 0.25) is 0 Å². The maximum Gasteiger partial charge on any atom is 0.125 e. The molecule has 2 heterocycles. The molecule has 2 atom stereocenters. The molecule has 0 bridgehead atoms. The van der Waals surface area contributed by atoms with Gasteiger partial charge in [-0.2, -0.15) is 5.10 Å². The van der Waals surface area contributed by atoms with E-state index >= 15 is 0 Å². The maximum absolute atomic E-state index is 4.49. The first kappa shape index (κ1) is 17.3. The zero-order valence-electron chi connectivity index (χ0n) is 15.3. The number of hydrogen-bond donors (Lipinski definition) is 1. The van der Waals surface area contributed by atoms with Crippen LogP contribution < -0.4 is 5.32 Å². The highest BCUT2D eigenvalue weighted by Gasteiger charge is 2.15. The summed E-state index contributed by atoms with van der Waals surface area (Å²) in [5.41, 5.74) is 4.58. The summed E-state index contributed by atoms with van der Waals surface area (Å²) in [7, 11) is 0. The van der Waals surface area contributed by atoms with Crippen LogP contribution in [0.25, 0.3) is 0 Å². The zero-order chi connectivity index (χ0) is 17.8. The van der Waals surface area contributed by atoms with Crippen molar-refractivity contribution in [1.29, 1.82) is 0 Å². The number of hydrogen-bond acceptors (Lipinski definition) is 4. The highest BCUT2D eigenvalue weighted by atomic mass is 15.3. The average Bonchev–Trinajstić information content (AvgIpc) is 3.04. The summed E-state index contributed by atoms with van der Waals surface area (Å²) < 4.78 is 1.98. The molecule has 0 aliphatic rings. The second kappa shape index (κ2) is 7.57. The zero-order valence-corrected chi connectivity index (χ0v) is 15.3. The van der Waals surface area contributed by atoms with Gasteiger partial charge in [-0.25, -0.2) is 9.97 Å². The molecular formula is C20H25N5. The Morgan fingerprint density at radius 3 is 2.52 bits per heavy atom. The van der Waals surface area contributed by atoms with Crippen LogP contribution in [0.15, 0.2) is 48.9 Å². The van der Waals surface area contributed by atoms with E-state index in [1.54, 1.807) is 0 Å². The van der Waals surface area contributed by atoms with Crippen molar-refractivity contribution in [3.63, 3.8) is 0 Å². The summed E-state index contributed by atoms with van der Waals surface area (Å²) in [5, 5.41) is 8.11. The van der Waals surface area contributed by atoms with E-state index in [9.17, 15) is 0 Å². The molecule has 0 aliphatic carbocycles. The van der Waals surface area contributed by atoms with E-state index in [2.05, 4.69) is 64.7 Å². The molecule has 5 heteroatoms. The van der Waals surface area contributed by atoms with Gasteiger partial charge in [0.25, 0.3) is 0 Å². The van der Waals surface area contributed by atoms with Gasteiger partial charge in [-0.1, -0.05) is 30.3 Å². The maximum atomic E-state index is 4.49. The quantitative estimate of drug-likeness (QED) is 0.745. The lowest BCUT2D eigenvalue weighted by atomic mass is 10.1. The number of nitrogens with zero attached hydrogens (tertiary/aromatic N) is 4. The minimum Gasteiger partial charge on any atom is -0.303 e. The summed E-state index contributed by atoms with van der Waals surface area (Å²) >= 11 is 0. The summed E-state index contributed by atoms with van der Waals surface area (Å²) in [6.45, 7) is 9.04. The Labute approximate surface area is 149 Å². The Kier molecular flexibility index (Phi) is 5.24. The van der Waals surface area contributed by atoms with Crippen molar-refractivity contribution < 1.29 is 0 Å². The van der Waals surface area contributed by atoms with Crippen molar-refractivity contribution in [2.75, 3.05) is 0 Å². The summed E-state index contributed by atoms with van der Waals surface area (Å²) in [4.78, 5) is 8.78. The molecule has 0 saturated heterocycles. The normalized spacial score (nSPS) is 13.6. The number of rotatable bonds is 6. The number of aryl methyl sites for hydroxylation is 2. The standard InChI is InChI=1S/C20H25N5/c1-14(23-15(2)20-11-21-17(4)24-16(20)3)19-10-22-25(13-19)12-18-8-6-5-7-9-18/h5-11,13-15,23H,12H2,1-4H3/t14-,15-/m1/s1. The van der Waals surface area contributed by atoms with E-state index in [-0.39, 0.29) is 12.1 Å². The van der Waals surface area contributed by atoms with Gasteiger partial charge in [0.1, 0.15) is 5.82 Å². The second-order valence-corrected chi connectivity index (χ2v) is 6.52. The van der Waals surface area contributed by atoms with Crippen molar-refractivity contribution in [3.8, 4) is 0 Å². The lowest BCUT2D eigenvalue weighted by Crippen LogP contribution is -2.23. The van der Waals surface area contributed by atoms with Gasteiger partial charge in [-0.05, 0) is 33.3 Å². The van der Waals surface area contributed by atoms with Gasteiger partial charge < -0.3 is 5.32 Å². The number of nitrogens with one attached hydrogen (secondary N) is 1. The fourth-order valence-electron chi connectivity index (χ4n) is 3.04. The van der Waals surface area contributed by atoms with Gasteiger partial charge in [0, 0.05) is 41.3 Å². The molecule has 130 valence electrons. The van der Waals surface area contributed by atoms with Gasteiger partial charge in [-0.15, -0.1) is 0 Å². The molecule has 1 aromatic carbocycles. The van der Waals surface area contributed by atoms with Crippen LogP contribution in [0.3, 0.4) is 0 Å². The van der Waals surface area contributed by atoms with Crippen LogP contribution in [-0.4, -0.2) is 19.7 Å². The van der Waals surface area contributed by atoms with Gasteiger partial charge in [0.15, 0.2) is 0 Å². The van der Waals surface area contributed by atoms with E-state index in [1.807, 2.05) is 37.0 Å². The topological polar surface area (TPSA) is 55.6 Å². The molecule has 3 aromatic rings. The third kappa shape index (κ3) is 4.31. The highest BCUT2D eigenvalue weighted by molar-refractivity contribution is 5.21. The predicted molar refractivity (Wildman–Crippen MR) is 99.2 cm³/mol. The minimum atomic E-state index is 0.174. The first-order chi connectivity index (χ1) is 12.0. The Hall–Kier alpha value is -2.53. The third-order valence-electron chi connectivity index (χ3n) is 4.44. The van der Waals surface area contributed by atoms with Gasteiger partial charge >= 0.3 is 0 Å². The second-order valence-electron chi connectivity index (χ2n) is 6.52. The smallest absolute Gasteiger partial charge is 0.125 e. The van der Waals surface area contributed by atoms with Crippen LogP contribution in [-0.2, 0) is 6.54 Å². The summed E-state index contributed by atoms with van der Waals surface area (Å²) in [5.74, 6) is 0.809. The Balaban J connectivity index is 1.66. The molecule has 0 amide bonds. The molecule has 0 unspecified atom stereocenters. The average molecular weight is 335 g/mol. The Morgan fingerprint density at radius 2 is 1.80 bits per heavy atom. The molecular weight excluding hydrogens is 310 g/mol. The molecule has 3 rings (SSSR count). The van der Waals surface area contributed by atoms with E-state index in [0.717, 1.165) is 23.6 Å². The van der Waals surface area contributed by atoms with Crippen molar-refractivity contribution in [3.05, 3.63) is 77.1 Å². The molecule has 2 aromatic heterocycles. The van der Waals surface area contributed by atoms with Crippen molar-refractivity contribution >= 4 is 0 Å². The van der Waals surface area contributed by atoms with Crippen LogP contribution in [0.1, 0.15) is 54.1 Å². The molecule has 1 N–H and O–H groups in total. The van der Waals surface area contributed by atoms with E-state index in [0.29, 0.717) is 0 Å². The van der Waals surface area contributed by atoms with Gasteiger partial charge in [-0.3, -0.25) is 4.68 Å². The minimum absolute atomic E-state index is 0.174. The van der Waals surface area contributed by atoms with Gasteiger partial charge in [0.2, 0.25) is 0 Å². The first-order valence-electron chi connectivity index (χ1n) is 8.65. The third-order valence-corrected chi connectivity index (χ3v) is 4.44. The van der Waals surface area contributed by atoms with E-state index in [4.69, 9.17) is 0 Å². The molecule has 5 nitrogen and oxygen atoms in total. The Morgan fingerprint density at radius 1 is 1.04 bits per heavy atom. The lowest BCUT2D eigenvalue weighted by molar-refractivity contribution is 0.490. The largest absolute Gasteiger partial charge is 0.303 e. The van der Waals surface area contributed by atoms with E-state index in [1.165, 1.54) is 11.1 Å². The predicted octanol–water partition coefficient (Wildman–Crippen LogP) is 3.75. The molecule has 0 spiro atoms. The summed E-state index contributed by atoms with van der Waals surface area (Å²) in [6, 6.07) is 10.7. The molecule has 0 saturated carbocycles. The van der Waals surface area contributed by atoms with Gasteiger partial charge in [0.05, 0.1) is 12.7 Å². The molecule has 0 fully saturated rings. The summed E-state index contributed by atoms with van der Waals surface area (Å²) in [6.07, 6.45) is 5.96. The monoisotopic (exact) mass is 335 g/mol. The van der Waals surface area contributed by atoms with Crippen LogP contribution in [0.5, 0.6) is 0 Å².